The largest absolute Gasteiger partial charge is 0.481 e. The molecule has 1 rings (SSSR count). The molecule has 5 nitrogen and oxygen atoms in total. The van der Waals surface area contributed by atoms with Crippen LogP contribution in [0.5, 0.6) is 0 Å². The van der Waals surface area contributed by atoms with Gasteiger partial charge in [0.1, 0.15) is 0 Å². The van der Waals surface area contributed by atoms with E-state index in [1.807, 2.05) is 26.0 Å². The fourth-order valence-electron chi connectivity index (χ4n) is 1.84. The summed E-state index contributed by atoms with van der Waals surface area (Å²) in [5, 5.41) is 17.5. The molecular weight excluding hydrogens is 288 g/mol. The summed E-state index contributed by atoms with van der Waals surface area (Å²) in [4.78, 5) is 25.6. The van der Waals surface area contributed by atoms with Gasteiger partial charge in [0, 0.05) is 17.5 Å². The number of carbonyl (C=O) groups excluding carboxylic acids is 1. The SMILES string of the molecule is CC(C)N(CCC(=O)O)C(=O)c1ccccc1SCC#N. The Hall–Kier alpha value is -2.00. The highest BCUT2D eigenvalue weighted by Crippen LogP contribution is 2.24. The maximum absolute atomic E-state index is 12.6. The van der Waals surface area contributed by atoms with Crippen LogP contribution in [0.2, 0.25) is 0 Å². The second-order valence-electron chi connectivity index (χ2n) is 4.68. The van der Waals surface area contributed by atoms with Gasteiger partial charge < -0.3 is 10.0 Å². The van der Waals surface area contributed by atoms with Crippen LogP contribution in [-0.4, -0.2) is 40.2 Å². The van der Waals surface area contributed by atoms with Crippen molar-refractivity contribution in [2.45, 2.75) is 31.2 Å². The van der Waals surface area contributed by atoms with E-state index in [0.717, 1.165) is 4.90 Å². The predicted molar refractivity (Wildman–Crippen MR) is 81.2 cm³/mol. The average molecular weight is 306 g/mol. The molecule has 0 saturated carbocycles. The van der Waals surface area contributed by atoms with Gasteiger partial charge >= 0.3 is 5.97 Å². The number of rotatable bonds is 7. The van der Waals surface area contributed by atoms with Crippen LogP contribution in [0, 0.1) is 11.3 Å². The summed E-state index contributed by atoms with van der Waals surface area (Å²) in [6.45, 7) is 3.87. The number of nitriles is 1. The third-order valence-corrected chi connectivity index (χ3v) is 3.80. The molecule has 1 N–H and O–H groups in total. The molecule has 0 heterocycles. The van der Waals surface area contributed by atoms with Crippen LogP contribution in [-0.2, 0) is 4.79 Å². The van der Waals surface area contributed by atoms with Crippen LogP contribution >= 0.6 is 11.8 Å². The maximum Gasteiger partial charge on any atom is 0.305 e. The summed E-state index contributed by atoms with van der Waals surface area (Å²) in [6.07, 6.45) is -0.0859. The highest BCUT2D eigenvalue weighted by molar-refractivity contribution is 7.99. The van der Waals surface area contributed by atoms with Gasteiger partial charge in [-0.2, -0.15) is 5.26 Å². The van der Waals surface area contributed by atoms with Crippen molar-refractivity contribution >= 4 is 23.6 Å². The van der Waals surface area contributed by atoms with Crippen LogP contribution in [0.3, 0.4) is 0 Å². The molecule has 0 fully saturated rings. The lowest BCUT2D eigenvalue weighted by molar-refractivity contribution is -0.137. The summed E-state index contributed by atoms with van der Waals surface area (Å²) >= 11 is 1.30. The molecule has 0 spiro atoms. The van der Waals surface area contributed by atoms with Crippen LogP contribution < -0.4 is 0 Å². The van der Waals surface area contributed by atoms with Gasteiger partial charge in [-0.25, -0.2) is 0 Å². The molecule has 0 atom stereocenters. The molecular formula is C15H18N2O3S. The zero-order valence-corrected chi connectivity index (χ0v) is 12.9. The molecule has 0 aliphatic heterocycles. The Balaban J connectivity index is 2.98. The summed E-state index contributed by atoms with van der Waals surface area (Å²) in [6, 6.07) is 9.02. The minimum absolute atomic E-state index is 0.0859. The Morgan fingerprint density at radius 2 is 2.05 bits per heavy atom. The van der Waals surface area contributed by atoms with Gasteiger partial charge in [0.2, 0.25) is 0 Å². The lowest BCUT2D eigenvalue weighted by atomic mass is 10.1. The Bertz CT molecular complexity index is 552. The molecule has 1 aromatic carbocycles. The zero-order valence-electron chi connectivity index (χ0n) is 12.1. The minimum atomic E-state index is -0.930. The van der Waals surface area contributed by atoms with E-state index in [9.17, 15) is 9.59 Å². The molecule has 0 aliphatic carbocycles. The number of thioether (sulfide) groups is 1. The first-order valence-electron chi connectivity index (χ1n) is 6.59. The molecule has 0 radical (unpaired) electrons. The van der Waals surface area contributed by atoms with E-state index in [0.29, 0.717) is 5.56 Å². The Morgan fingerprint density at radius 1 is 1.38 bits per heavy atom. The number of carboxylic acid groups (broad SMARTS) is 1. The van der Waals surface area contributed by atoms with Crippen molar-refractivity contribution in [2.24, 2.45) is 0 Å². The van der Waals surface area contributed by atoms with Gasteiger partial charge in [-0.3, -0.25) is 9.59 Å². The Kier molecular flexibility index (Phi) is 6.76. The van der Waals surface area contributed by atoms with E-state index in [4.69, 9.17) is 10.4 Å². The summed E-state index contributed by atoms with van der Waals surface area (Å²) < 4.78 is 0. The molecule has 0 saturated heterocycles. The molecule has 0 aromatic heterocycles. The fourth-order valence-corrected chi connectivity index (χ4v) is 2.55. The van der Waals surface area contributed by atoms with Crippen molar-refractivity contribution in [2.75, 3.05) is 12.3 Å². The summed E-state index contributed by atoms with van der Waals surface area (Å²) in [5.41, 5.74) is 0.511. The van der Waals surface area contributed by atoms with Crippen molar-refractivity contribution in [3.05, 3.63) is 29.8 Å². The lowest BCUT2D eigenvalue weighted by Gasteiger charge is -2.27. The van der Waals surface area contributed by atoms with Crippen molar-refractivity contribution in [3.8, 4) is 6.07 Å². The number of hydrogen-bond acceptors (Lipinski definition) is 4. The van der Waals surface area contributed by atoms with Gasteiger partial charge in [0.15, 0.2) is 0 Å². The van der Waals surface area contributed by atoms with Crippen molar-refractivity contribution in [3.63, 3.8) is 0 Å². The number of hydrogen-bond donors (Lipinski definition) is 1. The monoisotopic (exact) mass is 306 g/mol. The first-order valence-corrected chi connectivity index (χ1v) is 7.57. The number of carbonyl (C=O) groups is 2. The molecule has 112 valence electrons. The van der Waals surface area contributed by atoms with Crippen molar-refractivity contribution in [1.82, 2.24) is 4.90 Å². The number of benzene rings is 1. The van der Waals surface area contributed by atoms with Crippen LogP contribution in [0.25, 0.3) is 0 Å². The number of amides is 1. The second kappa shape index (κ2) is 8.32. The van der Waals surface area contributed by atoms with Crippen LogP contribution in [0.1, 0.15) is 30.6 Å². The average Bonchev–Trinajstić information content (AvgIpc) is 2.44. The molecule has 1 aromatic rings. The van der Waals surface area contributed by atoms with Crippen molar-refractivity contribution < 1.29 is 14.7 Å². The molecule has 0 aliphatic rings. The fraction of sp³-hybridized carbons (Fsp3) is 0.400. The van der Waals surface area contributed by atoms with E-state index >= 15 is 0 Å². The first kappa shape index (κ1) is 17.1. The lowest BCUT2D eigenvalue weighted by Crippen LogP contribution is -2.38. The zero-order chi connectivity index (χ0) is 15.8. The minimum Gasteiger partial charge on any atom is -0.481 e. The molecule has 21 heavy (non-hydrogen) atoms. The van der Waals surface area contributed by atoms with Gasteiger partial charge in [0.25, 0.3) is 5.91 Å². The van der Waals surface area contributed by atoms with Crippen LogP contribution in [0.15, 0.2) is 29.2 Å². The van der Waals surface area contributed by atoms with E-state index in [1.54, 1.807) is 23.1 Å². The van der Waals surface area contributed by atoms with E-state index < -0.39 is 5.97 Å². The predicted octanol–water partition coefficient (Wildman–Crippen LogP) is 2.63. The van der Waals surface area contributed by atoms with E-state index in [-0.39, 0.29) is 30.7 Å². The summed E-state index contributed by atoms with van der Waals surface area (Å²) in [5.74, 6) is -0.867. The molecule has 6 heteroatoms. The van der Waals surface area contributed by atoms with Crippen LogP contribution in [0.4, 0.5) is 0 Å². The molecule has 1 amide bonds. The van der Waals surface area contributed by atoms with E-state index in [1.165, 1.54) is 11.8 Å². The number of nitrogens with zero attached hydrogens (tertiary/aromatic N) is 2. The third kappa shape index (κ3) is 5.12. The first-order chi connectivity index (χ1) is 9.97. The normalized spacial score (nSPS) is 10.2. The summed E-state index contributed by atoms with van der Waals surface area (Å²) in [7, 11) is 0. The van der Waals surface area contributed by atoms with E-state index in [2.05, 4.69) is 0 Å². The van der Waals surface area contributed by atoms with Gasteiger partial charge in [-0.15, -0.1) is 11.8 Å². The standard InChI is InChI=1S/C15H18N2O3S/c1-11(2)17(9-7-14(18)19)15(20)12-5-3-4-6-13(12)21-10-8-16/h3-6,11H,7,9-10H2,1-2H3,(H,18,19). The molecule has 0 bridgehead atoms. The van der Waals surface area contributed by atoms with Gasteiger partial charge in [-0.05, 0) is 26.0 Å². The maximum atomic E-state index is 12.6. The quantitative estimate of drug-likeness (QED) is 0.783. The second-order valence-corrected chi connectivity index (χ2v) is 5.70. The highest BCUT2D eigenvalue weighted by atomic mass is 32.2. The molecule has 0 unspecified atom stereocenters. The third-order valence-electron chi connectivity index (χ3n) is 2.86. The highest BCUT2D eigenvalue weighted by Gasteiger charge is 2.21. The smallest absolute Gasteiger partial charge is 0.305 e. The Morgan fingerprint density at radius 3 is 2.62 bits per heavy atom. The topological polar surface area (TPSA) is 81.4 Å². The van der Waals surface area contributed by atoms with Gasteiger partial charge in [-0.1, -0.05) is 12.1 Å². The number of carboxylic acids is 1. The van der Waals surface area contributed by atoms with Crippen molar-refractivity contribution in [1.29, 1.82) is 5.26 Å². The van der Waals surface area contributed by atoms with Gasteiger partial charge in [0.05, 0.1) is 23.8 Å². The number of aliphatic carboxylic acids is 1. The Labute approximate surface area is 128 Å².